The van der Waals surface area contributed by atoms with Gasteiger partial charge in [-0.05, 0) is 38.3 Å². The lowest BCUT2D eigenvalue weighted by Crippen LogP contribution is -2.52. The number of nitrogens with two attached hydrogens (primary N) is 1. The van der Waals surface area contributed by atoms with Gasteiger partial charge >= 0.3 is 0 Å². The van der Waals surface area contributed by atoms with Crippen LogP contribution in [0.4, 0.5) is 0 Å². The molecule has 1 aromatic rings. The Morgan fingerprint density at radius 2 is 2.00 bits per heavy atom. The number of nitrogens with one attached hydrogen (secondary N) is 1. The molecule has 114 valence electrons. The third kappa shape index (κ3) is 5.90. The minimum atomic E-state index is -0.624. The predicted octanol–water partition coefficient (Wildman–Crippen LogP) is 1.83. The van der Waals surface area contributed by atoms with Crippen LogP contribution in [0.5, 0.6) is 0 Å². The van der Waals surface area contributed by atoms with E-state index in [4.69, 9.17) is 10.5 Å². The second kappa shape index (κ2) is 8.25. The van der Waals surface area contributed by atoms with Gasteiger partial charge in [0.2, 0.25) is 5.91 Å². The van der Waals surface area contributed by atoms with Crippen molar-refractivity contribution in [3.63, 3.8) is 0 Å². The number of ether oxygens (including phenoxy) is 1. The molecule has 0 fully saturated rings. The highest BCUT2D eigenvalue weighted by molar-refractivity contribution is 5.85. The molecule has 0 spiro atoms. The molecule has 1 unspecified atom stereocenters. The molecule has 1 amide bonds. The van der Waals surface area contributed by atoms with Gasteiger partial charge < -0.3 is 15.8 Å². The first-order valence-corrected chi connectivity index (χ1v) is 6.47. The maximum atomic E-state index is 11.9. The average molecular weight is 301 g/mol. The number of rotatable bonds is 6. The summed E-state index contributed by atoms with van der Waals surface area (Å²) in [5, 5.41) is 2.97. The van der Waals surface area contributed by atoms with E-state index in [0.29, 0.717) is 0 Å². The monoisotopic (exact) mass is 300 g/mol. The lowest BCUT2D eigenvalue weighted by Gasteiger charge is -2.28. The molecule has 1 aromatic carbocycles. The van der Waals surface area contributed by atoms with Crippen LogP contribution in [0.3, 0.4) is 0 Å². The zero-order valence-electron chi connectivity index (χ0n) is 12.6. The average Bonchev–Trinajstić information content (AvgIpc) is 2.31. The SMILES string of the molecule is COCC(N)C(=O)NC(C)(C)Cc1ccccc1C.Cl. The second-order valence-corrected chi connectivity index (χ2v) is 5.54. The number of benzene rings is 1. The van der Waals surface area contributed by atoms with Gasteiger partial charge in [0.05, 0.1) is 6.61 Å². The molecule has 0 aliphatic carbocycles. The molecule has 0 heterocycles. The predicted molar refractivity (Wildman–Crippen MR) is 84.2 cm³/mol. The smallest absolute Gasteiger partial charge is 0.239 e. The molecule has 0 aliphatic heterocycles. The summed E-state index contributed by atoms with van der Waals surface area (Å²) in [5.74, 6) is -0.180. The van der Waals surface area contributed by atoms with E-state index in [0.717, 1.165) is 6.42 Å². The van der Waals surface area contributed by atoms with Crippen LogP contribution in [-0.4, -0.2) is 31.2 Å². The number of aryl methyl sites for hydroxylation is 1. The summed E-state index contributed by atoms with van der Waals surface area (Å²) in [7, 11) is 1.53. The maximum absolute atomic E-state index is 11.9. The number of hydrogen-bond donors (Lipinski definition) is 2. The third-order valence-electron chi connectivity index (χ3n) is 3.04. The number of carbonyl (C=O) groups excluding carboxylic acids is 1. The molecule has 1 atom stereocenters. The Kier molecular flexibility index (Phi) is 7.79. The van der Waals surface area contributed by atoms with Crippen molar-refractivity contribution in [1.82, 2.24) is 5.32 Å². The fraction of sp³-hybridized carbons (Fsp3) is 0.533. The van der Waals surface area contributed by atoms with Crippen molar-refractivity contribution < 1.29 is 9.53 Å². The van der Waals surface area contributed by atoms with Crippen molar-refractivity contribution in [1.29, 1.82) is 0 Å². The van der Waals surface area contributed by atoms with Crippen molar-refractivity contribution in [3.05, 3.63) is 35.4 Å². The molecule has 0 saturated carbocycles. The Bertz CT molecular complexity index is 436. The Morgan fingerprint density at radius 1 is 1.40 bits per heavy atom. The number of amides is 1. The van der Waals surface area contributed by atoms with Gasteiger partial charge in [0.25, 0.3) is 0 Å². The fourth-order valence-corrected chi connectivity index (χ4v) is 2.01. The minimum absolute atomic E-state index is 0. The first-order valence-electron chi connectivity index (χ1n) is 6.47. The van der Waals surface area contributed by atoms with Crippen LogP contribution in [0.15, 0.2) is 24.3 Å². The largest absolute Gasteiger partial charge is 0.383 e. The van der Waals surface area contributed by atoms with Crippen LogP contribution in [0, 0.1) is 6.92 Å². The molecule has 0 saturated heterocycles. The Labute approximate surface area is 127 Å². The maximum Gasteiger partial charge on any atom is 0.239 e. The van der Waals surface area contributed by atoms with Crippen LogP contribution < -0.4 is 11.1 Å². The van der Waals surface area contributed by atoms with Gasteiger partial charge in [-0.15, -0.1) is 12.4 Å². The quantitative estimate of drug-likeness (QED) is 0.842. The number of carbonyl (C=O) groups is 1. The van der Waals surface area contributed by atoms with E-state index >= 15 is 0 Å². The minimum Gasteiger partial charge on any atom is -0.383 e. The van der Waals surface area contributed by atoms with Crippen molar-refractivity contribution in [2.75, 3.05) is 13.7 Å². The number of methoxy groups -OCH3 is 1. The van der Waals surface area contributed by atoms with Gasteiger partial charge in [0, 0.05) is 12.6 Å². The Hall–Kier alpha value is -1.10. The first kappa shape index (κ1) is 18.9. The van der Waals surface area contributed by atoms with E-state index < -0.39 is 6.04 Å². The van der Waals surface area contributed by atoms with Crippen molar-refractivity contribution >= 4 is 18.3 Å². The van der Waals surface area contributed by atoms with Gasteiger partial charge in [0.1, 0.15) is 6.04 Å². The van der Waals surface area contributed by atoms with Gasteiger partial charge in [-0.2, -0.15) is 0 Å². The van der Waals surface area contributed by atoms with E-state index in [-0.39, 0.29) is 30.5 Å². The van der Waals surface area contributed by atoms with E-state index in [1.807, 2.05) is 26.0 Å². The van der Waals surface area contributed by atoms with Crippen LogP contribution in [0.25, 0.3) is 0 Å². The summed E-state index contributed by atoms with van der Waals surface area (Å²) in [6.45, 7) is 6.30. The molecule has 3 N–H and O–H groups in total. The van der Waals surface area contributed by atoms with E-state index in [1.54, 1.807) is 0 Å². The summed E-state index contributed by atoms with van der Waals surface area (Å²) in [5.41, 5.74) is 7.84. The number of hydrogen-bond acceptors (Lipinski definition) is 3. The molecular weight excluding hydrogens is 276 g/mol. The summed E-state index contributed by atoms with van der Waals surface area (Å²) in [6, 6.07) is 7.55. The normalized spacial score (nSPS) is 12.4. The Balaban J connectivity index is 0.00000361. The topological polar surface area (TPSA) is 64.3 Å². The molecular formula is C15H25ClN2O2. The molecule has 5 heteroatoms. The van der Waals surface area contributed by atoms with Gasteiger partial charge in [-0.1, -0.05) is 24.3 Å². The van der Waals surface area contributed by atoms with E-state index in [2.05, 4.69) is 24.4 Å². The lowest BCUT2D eigenvalue weighted by atomic mass is 9.92. The molecule has 1 rings (SSSR count). The number of halogens is 1. The van der Waals surface area contributed by atoms with Crippen LogP contribution in [0.1, 0.15) is 25.0 Å². The highest BCUT2D eigenvalue weighted by Gasteiger charge is 2.24. The van der Waals surface area contributed by atoms with Crippen LogP contribution >= 0.6 is 12.4 Å². The first-order chi connectivity index (χ1) is 8.85. The van der Waals surface area contributed by atoms with Gasteiger partial charge in [-0.3, -0.25) is 4.79 Å². The Morgan fingerprint density at radius 3 is 2.55 bits per heavy atom. The molecule has 0 aliphatic rings. The lowest BCUT2D eigenvalue weighted by molar-refractivity contribution is -0.125. The summed E-state index contributed by atoms with van der Waals surface area (Å²) < 4.78 is 4.89. The van der Waals surface area contributed by atoms with E-state index in [9.17, 15) is 4.79 Å². The van der Waals surface area contributed by atoms with Crippen LogP contribution in [-0.2, 0) is 16.0 Å². The van der Waals surface area contributed by atoms with E-state index in [1.165, 1.54) is 18.2 Å². The summed E-state index contributed by atoms with van der Waals surface area (Å²) >= 11 is 0. The third-order valence-corrected chi connectivity index (χ3v) is 3.04. The molecule has 0 bridgehead atoms. The zero-order chi connectivity index (χ0) is 14.5. The zero-order valence-corrected chi connectivity index (χ0v) is 13.4. The molecule has 0 radical (unpaired) electrons. The van der Waals surface area contributed by atoms with Crippen molar-refractivity contribution in [2.45, 2.75) is 38.8 Å². The van der Waals surface area contributed by atoms with Crippen molar-refractivity contribution in [2.24, 2.45) is 5.73 Å². The second-order valence-electron chi connectivity index (χ2n) is 5.54. The molecule has 20 heavy (non-hydrogen) atoms. The van der Waals surface area contributed by atoms with Crippen molar-refractivity contribution in [3.8, 4) is 0 Å². The highest BCUT2D eigenvalue weighted by Crippen LogP contribution is 2.16. The van der Waals surface area contributed by atoms with Crippen LogP contribution in [0.2, 0.25) is 0 Å². The molecule has 4 nitrogen and oxygen atoms in total. The van der Waals surface area contributed by atoms with Gasteiger partial charge in [0.15, 0.2) is 0 Å². The molecule has 0 aromatic heterocycles. The van der Waals surface area contributed by atoms with Gasteiger partial charge in [-0.25, -0.2) is 0 Å². The highest BCUT2D eigenvalue weighted by atomic mass is 35.5. The summed E-state index contributed by atoms with van der Waals surface area (Å²) in [4.78, 5) is 11.9. The summed E-state index contributed by atoms with van der Waals surface area (Å²) in [6.07, 6.45) is 0.769. The fourth-order valence-electron chi connectivity index (χ4n) is 2.01. The standard InChI is InChI=1S/C15H24N2O2.ClH/c1-11-7-5-6-8-12(11)9-15(2,3)17-14(18)13(16)10-19-4;/h5-8,13H,9-10,16H2,1-4H3,(H,17,18);1H.